The first-order valence-electron chi connectivity index (χ1n) is 9.20. The number of hydroxylamine groups is 1. The van der Waals surface area contributed by atoms with Crippen LogP contribution in [0.2, 0.25) is 0 Å². The lowest BCUT2D eigenvalue weighted by atomic mass is 10.2. The molecular weight excluding hydrogens is 420 g/mol. The van der Waals surface area contributed by atoms with Crippen molar-refractivity contribution in [1.82, 2.24) is 4.47 Å². The first kappa shape index (κ1) is 22.3. The summed E-state index contributed by atoms with van der Waals surface area (Å²) in [4.78, 5) is 17.3. The summed E-state index contributed by atoms with van der Waals surface area (Å²) >= 11 is 0. The number of nitrogens with one attached hydrogen (secondary N) is 1. The molecule has 0 saturated heterocycles. The van der Waals surface area contributed by atoms with Crippen LogP contribution >= 0.6 is 0 Å². The molecule has 0 spiro atoms. The van der Waals surface area contributed by atoms with E-state index in [9.17, 15) is 13.2 Å². The molecule has 0 fully saturated rings. The van der Waals surface area contributed by atoms with E-state index in [1.807, 2.05) is 12.1 Å². The van der Waals surface area contributed by atoms with Gasteiger partial charge in [0.2, 0.25) is 0 Å². The van der Waals surface area contributed by atoms with E-state index in [4.69, 9.17) is 14.3 Å². The zero-order valence-electron chi connectivity index (χ0n) is 17.2. The van der Waals surface area contributed by atoms with E-state index >= 15 is 0 Å². The van der Waals surface area contributed by atoms with Crippen LogP contribution in [0.4, 0.5) is 5.69 Å². The van der Waals surface area contributed by atoms with Crippen LogP contribution in [0.5, 0.6) is 17.2 Å². The summed E-state index contributed by atoms with van der Waals surface area (Å²) in [6, 6.07) is 19.7. The Hall–Kier alpha value is -3.40. The van der Waals surface area contributed by atoms with Crippen LogP contribution in [0.15, 0.2) is 77.7 Å². The maximum atomic E-state index is 12.6. The molecule has 3 aromatic rings. The number of methoxy groups -OCH3 is 1. The number of benzene rings is 3. The Balaban J connectivity index is 1.72. The van der Waals surface area contributed by atoms with Gasteiger partial charge in [-0.1, -0.05) is 22.7 Å². The number of para-hydroxylation sites is 2. The Labute approximate surface area is 181 Å². The predicted molar refractivity (Wildman–Crippen MR) is 116 cm³/mol. The molecule has 0 aliphatic rings. The minimum atomic E-state index is -3.85. The highest BCUT2D eigenvalue weighted by Crippen LogP contribution is 2.31. The largest absolute Gasteiger partial charge is 0.493 e. The SMILES string of the molecule is COc1ccccc1Oc1ccc(NC(=O)c2cccc(S(=O)(=O)N(C)OC)c2)cc1. The summed E-state index contributed by atoms with van der Waals surface area (Å²) in [5.74, 6) is 1.29. The van der Waals surface area contributed by atoms with E-state index < -0.39 is 15.9 Å². The molecule has 0 saturated carbocycles. The van der Waals surface area contributed by atoms with Crippen molar-refractivity contribution in [3.63, 3.8) is 0 Å². The predicted octanol–water partition coefficient (Wildman–Crippen LogP) is 3.92. The van der Waals surface area contributed by atoms with Gasteiger partial charge < -0.3 is 14.8 Å². The van der Waals surface area contributed by atoms with Crippen LogP contribution in [-0.2, 0) is 14.9 Å². The van der Waals surface area contributed by atoms with Gasteiger partial charge in [0, 0.05) is 18.3 Å². The highest BCUT2D eigenvalue weighted by atomic mass is 32.2. The third-order valence-electron chi connectivity index (χ3n) is 4.40. The second kappa shape index (κ2) is 9.61. The summed E-state index contributed by atoms with van der Waals surface area (Å²) in [7, 11) is 0.229. The van der Waals surface area contributed by atoms with Gasteiger partial charge in [0.25, 0.3) is 15.9 Å². The molecule has 0 bridgehead atoms. The highest BCUT2D eigenvalue weighted by molar-refractivity contribution is 7.89. The molecule has 0 heterocycles. The average molecular weight is 442 g/mol. The number of amides is 1. The average Bonchev–Trinajstić information content (AvgIpc) is 2.80. The molecule has 9 heteroatoms. The normalized spacial score (nSPS) is 11.2. The summed E-state index contributed by atoms with van der Waals surface area (Å²) < 4.78 is 36.6. The molecule has 1 amide bonds. The lowest BCUT2D eigenvalue weighted by Crippen LogP contribution is -2.26. The number of anilines is 1. The minimum Gasteiger partial charge on any atom is -0.493 e. The molecule has 31 heavy (non-hydrogen) atoms. The summed E-state index contributed by atoms with van der Waals surface area (Å²) in [5, 5.41) is 2.73. The van der Waals surface area contributed by atoms with Crippen molar-refractivity contribution >= 4 is 21.6 Å². The van der Waals surface area contributed by atoms with Gasteiger partial charge in [0.1, 0.15) is 5.75 Å². The van der Waals surface area contributed by atoms with Crippen molar-refractivity contribution in [2.24, 2.45) is 0 Å². The third-order valence-corrected chi connectivity index (χ3v) is 6.07. The molecule has 162 valence electrons. The van der Waals surface area contributed by atoms with Gasteiger partial charge in [-0.2, -0.15) is 0 Å². The lowest BCUT2D eigenvalue weighted by Gasteiger charge is -2.14. The second-order valence-electron chi connectivity index (χ2n) is 6.36. The molecular formula is C22H22N2O6S. The highest BCUT2D eigenvalue weighted by Gasteiger charge is 2.22. The molecule has 0 aliphatic heterocycles. The number of carbonyl (C=O) groups excluding carboxylic acids is 1. The number of nitrogens with zero attached hydrogens (tertiary/aromatic N) is 1. The number of sulfonamides is 1. The summed E-state index contributed by atoms with van der Waals surface area (Å²) in [5.41, 5.74) is 0.722. The monoisotopic (exact) mass is 442 g/mol. The number of carbonyl (C=O) groups is 1. The number of rotatable bonds is 8. The Morgan fingerprint density at radius 1 is 0.903 bits per heavy atom. The van der Waals surface area contributed by atoms with Crippen LogP contribution in [0, 0.1) is 0 Å². The van der Waals surface area contributed by atoms with E-state index in [1.165, 1.54) is 38.4 Å². The van der Waals surface area contributed by atoms with Crippen LogP contribution in [0.3, 0.4) is 0 Å². The van der Waals surface area contributed by atoms with Gasteiger partial charge in [-0.15, -0.1) is 0 Å². The second-order valence-corrected chi connectivity index (χ2v) is 8.29. The zero-order chi connectivity index (χ0) is 22.4. The fraction of sp³-hybridized carbons (Fsp3) is 0.136. The number of ether oxygens (including phenoxy) is 2. The molecule has 0 aliphatic carbocycles. The Bertz CT molecular complexity index is 1160. The van der Waals surface area contributed by atoms with Crippen LogP contribution in [0.25, 0.3) is 0 Å². The first-order chi connectivity index (χ1) is 14.8. The Morgan fingerprint density at radius 2 is 1.58 bits per heavy atom. The van der Waals surface area contributed by atoms with Crippen molar-refractivity contribution in [2.75, 3.05) is 26.6 Å². The Morgan fingerprint density at radius 3 is 2.23 bits per heavy atom. The van der Waals surface area contributed by atoms with Crippen molar-refractivity contribution < 1.29 is 27.5 Å². The maximum absolute atomic E-state index is 12.6. The molecule has 0 aromatic heterocycles. The fourth-order valence-corrected chi connectivity index (χ4v) is 3.70. The van der Waals surface area contributed by atoms with Gasteiger partial charge in [-0.3, -0.25) is 9.63 Å². The van der Waals surface area contributed by atoms with Gasteiger partial charge in [0.15, 0.2) is 11.5 Å². The summed E-state index contributed by atoms with van der Waals surface area (Å²) in [6.45, 7) is 0. The van der Waals surface area contributed by atoms with Crippen molar-refractivity contribution in [2.45, 2.75) is 4.90 Å². The van der Waals surface area contributed by atoms with Crippen LogP contribution in [0.1, 0.15) is 10.4 Å². The molecule has 3 rings (SSSR count). The van der Waals surface area contributed by atoms with E-state index in [2.05, 4.69) is 5.32 Å². The van der Waals surface area contributed by atoms with Crippen molar-refractivity contribution in [3.05, 3.63) is 78.4 Å². The van der Waals surface area contributed by atoms with Gasteiger partial charge in [-0.05, 0) is 54.6 Å². The molecule has 0 unspecified atom stereocenters. The van der Waals surface area contributed by atoms with Crippen molar-refractivity contribution in [3.8, 4) is 17.2 Å². The van der Waals surface area contributed by atoms with Gasteiger partial charge >= 0.3 is 0 Å². The number of hydrogen-bond acceptors (Lipinski definition) is 6. The van der Waals surface area contributed by atoms with E-state index in [-0.39, 0.29) is 10.5 Å². The van der Waals surface area contributed by atoms with Crippen molar-refractivity contribution in [1.29, 1.82) is 0 Å². The summed E-state index contributed by atoms with van der Waals surface area (Å²) in [6.07, 6.45) is 0. The molecule has 3 aromatic carbocycles. The Kier molecular flexibility index (Phi) is 6.91. The molecule has 8 nitrogen and oxygen atoms in total. The topological polar surface area (TPSA) is 94.2 Å². The molecule has 1 N–H and O–H groups in total. The molecule has 0 atom stereocenters. The number of hydrogen-bond donors (Lipinski definition) is 1. The van der Waals surface area contributed by atoms with E-state index in [0.717, 1.165) is 4.47 Å². The van der Waals surface area contributed by atoms with Gasteiger partial charge in [-0.25, -0.2) is 8.42 Å². The fourth-order valence-electron chi connectivity index (χ4n) is 2.68. The first-order valence-corrected chi connectivity index (χ1v) is 10.6. The van der Waals surface area contributed by atoms with E-state index in [0.29, 0.717) is 22.9 Å². The van der Waals surface area contributed by atoms with Crippen LogP contribution < -0.4 is 14.8 Å². The van der Waals surface area contributed by atoms with E-state index in [1.54, 1.807) is 43.5 Å². The quantitative estimate of drug-likeness (QED) is 0.532. The maximum Gasteiger partial charge on any atom is 0.264 e. The lowest BCUT2D eigenvalue weighted by molar-refractivity contribution is -0.0258. The smallest absolute Gasteiger partial charge is 0.264 e. The molecule has 0 radical (unpaired) electrons. The minimum absolute atomic E-state index is 0.0509. The zero-order valence-corrected chi connectivity index (χ0v) is 18.0. The standard InChI is InChI=1S/C22H22N2O6S/c1-24(29-3)31(26,27)19-8-6-7-16(15-19)22(25)23-17-11-13-18(14-12-17)30-21-10-5-4-9-20(21)28-2/h4-15H,1-3H3,(H,23,25). The van der Waals surface area contributed by atoms with Gasteiger partial charge in [0.05, 0.1) is 19.1 Å². The van der Waals surface area contributed by atoms with Crippen LogP contribution in [-0.4, -0.2) is 40.1 Å². The third kappa shape index (κ3) is 5.21.